The summed E-state index contributed by atoms with van der Waals surface area (Å²) in [5.41, 5.74) is 1.86. The summed E-state index contributed by atoms with van der Waals surface area (Å²) < 4.78 is 59.9. The Balaban J connectivity index is 2.72. The fourth-order valence-electron chi connectivity index (χ4n) is 4.95. The summed E-state index contributed by atoms with van der Waals surface area (Å²) in [7, 11) is -6.82. The Morgan fingerprint density at radius 3 is 1.83 bits per heavy atom. The van der Waals surface area contributed by atoms with E-state index < -0.39 is 38.4 Å². The molecule has 0 spiro atoms. The largest absolute Gasteiger partial charge is 0.460 e. The van der Waals surface area contributed by atoms with Gasteiger partial charge in [-0.15, -0.1) is 0 Å². The first kappa shape index (κ1) is 45.7. The van der Waals surface area contributed by atoms with Crippen molar-refractivity contribution < 1.29 is 31.2 Å². The molecule has 1 aromatic heterocycles. The second kappa shape index (κ2) is 16.9. The van der Waals surface area contributed by atoms with Crippen LogP contribution in [0.5, 0.6) is 0 Å². The van der Waals surface area contributed by atoms with Crippen LogP contribution >= 0.6 is 0 Å². The molecule has 0 aliphatic carbocycles. The topological polar surface area (TPSA) is 108 Å². The van der Waals surface area contributed by atoms with Crippen LogP contribution in [-0.2, 0) is 28.4 Å². The Hall–Kier alpha value is -2.46. The number of ether oxygens (including phenoxy) is 1. The predicted molar refractivity (Wildman–Crippen MR) is 218 cm³/mol. The zero-order valence-corrected chi connectivity index (χ0v) is 37.7. The highest BCUT2D eigenvalue weighted by atomic mass is 32.2. The Bertz CT molecular complexity index is 1660. The van der Waals surface area contributed by atoms with E-state index in [0.717, 1.165) is 10.6 Å². The molecule has 1 heterocycles. The van der Waals surface area contributed by atoms with Crippen molar-refractivity contribution in [3.63, 3.8) is 0 Å². The van der Waals surface area contributed by atoms with Crippen molar-refractivity contribution in [3.8, 4) is 11.3 Å². The Morgan fingerprint density at radius 1 is 0.885 bits per heavy atom. The smallest absolute Gasteiger partial charge is 0.308 e. The van der Waals surface area contributed by atoms with Crippen LogP contribution in [0.25, 0.3) is 17.3 Å². The van der Waals surface area contributed by atoms with Gasteiger partial charge in [-0.05, 0) is 100 Å². The number of benzene rings is 1. The first-order valence-corrected chi connectivity index (χ1v) is 25.9. The fourth-order valence-corrected chi connectivity index (χ4v) is 8.07. The van der Waals surface area contributed by atoms with Gasteiger partial charge in [0.25, 0.3) is 0 Å². The van der Waals surface area contributed by atoms with E-state index in [-0.39, 0.29) is 46.3 Å². The first-order chi connectivity index (χ1) is 23.3. The third-order valence-electron chi connectivity index (χ3n) is 9.97. The Morgan fingerprint density at radius 2 is 1.38 bits per heavy atom. The van der Waals surface area contributed by atoms with E-state index in [0.29, 0.717) is 35.4 Å². The zero-order chi connectivity index (χ0) is 40.3. The molecule has 13 heteroatoms. The normalized spacial score (nSPS) is 14.9. The number of hydrogen-bond donors (Lipinski definition) is 0. The van der Waals surface area contributed by atoms with Gasteiger partial charge < -0.3 is 13.6 Å². The summed E-state index contributed by atoms with van der Waals surface area (Å²) in [5, 5.41) is -0.137. The van der Waals surface area contributed by atoms with Crippen molar-refractivity contribution in [1.82, 2.24) is 9.97 Å². The van der Waals surface area contributed by atoms with Crippen molar-refractivity contribution in [2.24, 2.45) is 0 Å². The highest BCUT2D eigenvalue weighted by Crippen LogP contribution is 2.41. The molecule has 0 saturated heterocycles. The van der Waals surface area contributed by atoms with Crippen molar-refractivity contribution >= 4 is 44.7 Å². The molecular weight excluding hydrogens is 714 g/mol. The minimum Gasteiger partial charge on any atom is -0.460 e. The molecule has 294 valence electrons. The summed E-state index contributed by atoms with van der Waals surface area (Å²) in [6.07, 6.45) is 5.48. The minimum absolute atomic E-state index is 0.0366. The molecule has 0 aliphatic heterocycles. The van der Waals surface area contributed by atoms with Crippen LogP contribution in [-0.4, -0.2) is 72.1 Å². The van der Waals surface area contributed by atoms with Gasteiger partial charge in [0.1, 0.15) is 11.4 Å². The minimum atomic E-state index is -3.65. The lowest BCUT2D eigenvalue weighted by Gasteiger charge is -2.42. The molecule has 0 aliphatic rings. The monoisotopic (exact) mass is 779 g/mol. The van der Waals surface area contributed by atoms with E-state index in [1.54, 1.807) is 12.1 Å². The number of halogens is 1. The summed E-state index contributed by atoms with van der Waals surface area (Å²) >= 11 is 0. The molecule has 52 heavy (non-hydrogen) atoms. The van der Waals surface area contributed by atoms with Gasteiger partial charge in [0.15, 0.2) is 16.6 Å². The summed E-state index contributed by atoms with van der Waals surface area (Å²) in [6, 6.07) is 5.98. The van der Waals surface area contributed by atoms with E-state index in [4.69, 9.17) is 23.6 Å². The fraction of sp³-hybridized carbons (Fsp3) is 0.667. The maximum atomic E-state index is 14.0. The van der Waals surface area contributed by atoms with Crippen LogP contribution in [0.4, 0.5) is 10.3 Å². The zero-order valence-electron chi connectivity index (χ0n) is 34.9. The van der Waals surface area contributed by atoms with Crippen LogP contribution < -0.4 is 4.31 Å². The number of nitrogens with zero attached hydrogens (tertiary/aromatic N) is 3. The molecule has 0 N–H and O–H groups in total. The average Bonchev–Trinajstić information content (AvgIpc) is 2.93. The van der Waals surface area contributed by atoms with Gasteiger partial charge in [-0.2, -0.15) is 0 Å². The van der Waals surface area contributed by atoms with Gasteiger partial charge in [0.2, 0.25) is 16.0 Å². The summed E-state index contributed by atoms with van der Waals surface area (Å²) in [4.78, 5) is 22.7. The SMILES string of the molecule is CC(C)c1nc(N(C)S(C)(=O)=O)nc(-c2ccc(F)cc2)c1C=CCC(CC(CC(=O)OC(C)(C)C)O[Si](C)(C)C(C)(C)C)O[Si](C)(C)C(C)(C)C. The average molecular weight is 780 g/mol. The molecular formula is C39H66FN3O6SSi2. The van der Waals surface area contributed by atoms with Crippen molar-refractivity contribution in [2.75, 3.05) is 17.6 Å². The van der Waals surface area contributed by atoms with Gasteiger partial charge in [-0.25, -0.2) is 27.1 Å². The van der Waals surface area contributed by atoms with Crippen LogP contribution in [0, 0.1) is 5.82 Å². The van der Waals surface area contributed by atoms with E-state index in [1.165, 1.54) is 19.2 Å². The molecule has 9 nitrogen and oxygen atoms in total. The second-order valence-corrected chi connectivity index (χ2v) is 29.8. The van der Waals surface area contributed by atoms with E-state index in [2.05, 4.69) is 67.7 Å². The van der Waals surface area contributed by atoms with Gasteiger partial charge in [-0.3, -0.25) is 4.79 Å². The third-order valence-corrected chi connectivity index (χ3v) is 20.2. The lowest BCUT2D eigenvalue weighted by molar-refractivity contribution is -0.157. The van der Waals surface area contributed by atoms with Crippen molar-refractivity contribution in [1.29, 1.82) is 0 Å². The first-order valence-electron chi connectivity index (χ1n) is 18.2. The third kappa shape index (κ3) is 13.1. The lowest BCUT2D eigenvalue weighted by Crippen LogP contribution is -2.47. The molecule has 0 fully saturated rings. The van der Waals surface area contributed by atoms with Gasteiger partial charge in [-0.1, -0.05) is 67.5 Å². The second-order valence-electron chi connectivity index (χ2n) is 18.2. The highest BCUT2D eigenvalue weighted by Gasteiger charge is 2.42. The number of aromatic nitrogens is 2. The molecule has 0 amide bonds. The van der Waals surface area contributed by atoms with Gasteiger partial charge >= 0.3 is 5.97 Å². The molecule has 0 saturated carbocycles. The number of sulfonamides is 1. The predicted octanol–water partition coefficient (Wildman–Crippen LogP) is 10.1. The van der Waals surface area contributed by atoms with Crippen LogP contribution in [0.15, 0.2) is 30.3 Å². The molecule has 2 unspecified atom stereocenters. The van der Waals surface area contributed by atoms with E-state index in [1.807, 2.05) is 46.8 Å². The highest BCUT2D eigenvalue weighted by molar-refractivity contribution is 7.92. The molecule has 1 aromatic carbocycles. The molecule has 0 radical (unpaired) electrons. The molecule has 2 aromatic rings. The Labute approximate surface area is 316 Å². The van der Waals surface area contributed by atoms with Crippen molar-refractivity contribution in [2.45, 2.75) is 155 Å². The lowest BCUT2D eigenvalue weighted by atomic mass is 9.97. The van der Waals surface area contributed by atoms with E-state index >= 15 is 0 Å². The number of anilines is 1. The Kier molecular flexibility index (Phi) is 14.9. The van der Waals surface area contributed by atoms with Gasteiger partial charge in [0, 0.05) is 18.2 Å². The molecule has 0 bridgehead atoms. The maximum absolute atomic E-state index is 14.0. The summed E-state index contributed by atoms with van der Waals surface area (Å²) in [5.74, 6) is -0.753. The van der Waals surface area contributed by atoms with Gasteiger partial charge in [0.05, 0.1) is 36.3 Å². The number of rotatable bonds is 15. The van der Waals surface area contributed by atoms with E-state index in [9.17, 15) is 17.6 Å². The van der Waals surface area contributed by atoms with Crippen LogP contribution in [0.1, 0.15) is 113 Å². The number of carbonyl (C=O) groups excluding carboxylic acids is 1. The maximum Gasteiger partial charge on any atom is 0.308 e. The summed E-state index contributed by atoms with van der Waals surface area (Å²) in [6.45, 7) is 31.5. The van der Waals surface area contributed by atoms with Crippen LogP contribution in [0.3, 0.4) is 0 Å². The molecule has 2 rings (SSSR count). The standard InChI is InChI=1S/C39H66FN3O6SSi2/c1-27(2)34-32(35(28-21-23-29(40)24-22-28)42-36(41-34)43(12)50(13,45)46)20-18-19-30(48-51(14,15)38(6,7)8)25-31(26-33(44)47-37(3,4)5)49-52(16,17)39(9,10)11/h18,20-24,27,30-31H,19,25-26H2,1-17H3. The van der Waals surface area contributed by atoms with Crippen LogP contribution in [0.2, 0.25) is 36.3 Å². The quantitative estimate of drug-likeness (QED) is 0.130. The molecule has 2 atom stereocenters. The number of esters is 1. The number of carbonyl (C=O) groups is 1. The number of hydrogen-bond acceptors (Lipinski definition) is 8. The van der Waals surface area contributed by atoms with Crippen molar-refractivity contribution in [3.05, 3.63) is 47.4 Å².